The lowest BCUT2D eigenvalue weighted by Crippen LogP contribution is -2.34. The molecule has 1 aliphatic carbocycles. The first-order chi connectivity index (χ1) is 18.6. The maximum absolute atomic E-state index is 12.3. The van der Waals surface area contributed by atoms with E-state index in [1.54, 1.807) is 6.20 Å². The third kappa shape index (κ3) is 4.60. The molecule has 0 bridgehead atoms. The van der Waals surface area contributed by atoms with Gasteiger partial charge in [0.05, 0.1) is 12.6 Å². The number of fused-ring (bicyclic) bond motifs is 3. The minimum Gasteiger partial charge on any atom is -0.507 e. The molecule has 3 heterocycles. The molecule has 1 saturated heterocycles. The number of benzene rings is 2. The maximum atomic E-state index is 12.3. The van der Waals surface area contributed by atoms with Gasteiger partial charge in [0.2, 0.25) is 5.88 Å². The number of carboxylic acids is 1. The number of phenols is 1. The third-order valence-corrected chi connectivity index (χ3v) is 8.27. The molecule has 2 N–H and O–H groups in total. The number of carbonyl (C=O) groups is 1. The van der Waals surface area contributed by atoms with Gasteiger partial charge in [-0.15, -0.1) is 0 Å². The normalized spacial score (nSPS) is 18.1. The molecule has 2 fully saturated rings. The highest BCUT2D eigenvalue weighted by molar-refractivity contribution is 6.15. The summed E-state index contributed by atoms with van der Waals surface area (Å²) in [5.74, 6) is 0.134. The van der Waals surface area contributed by atoms with Crippen LogP contribution in [0.2, 0.25) is 0 Å². The van der Waals surface area contributed by atoms with Crippen LogP contribution in [0.1, 0.15) is 78.9 Å². The van der Waals surface area contributed by atoms with Crippen molar-refractivity contribution in [3.63, 3.8) is 0 Å². The summed E-state index contributed by atoms with van der Waals surface area (Å²) >= 11 is 0. The van der Waals surface area contributed by atoms with Crippen LogP contribution in [0.3, 0.4) is 0 Å². The van der Waals surface area contributed by atoms with E-state index in [2.05, 4.69) is 9.88 Å². The fourth-order valence-electron chi connectivity index (χ4n) is 6.37. The lowest BCUT2D eigenvalue weighted by Gasteiger charge is -2.36. The Balaban J connectivity index is 1.50. The minimum absolute atomic E-state index is 0.0564. The number of phenolic OH excluding ortho intramolecular Hbond substituents is 1. The van der Waals surface area contributed by atoms with Crippen LogP contribution >= 0.6 is 0 Å². The average Bonchev–Trinajstić information content (AvgIpc) is 3.41. The zero-order chi connectivity index (χ0) is 26.1. The van der Waals surface area contributed by atoms with E-state index in [1.165, 1.54) is 38.4 Å². The van der Waals surface area contributed by atoms with Crippen LogP contribution in [0.5, 0.6) is 11.6 Å². The molecule has 1 unspecified atom stereocenters. The molecule has 7 heteroatoms. The predicted molar refractivity (Wildman–Crippen MR) is 146 cm³/mol. The Morgan fingerprint density at radius 3 is 2.55 bits per heavy atom. The molecule has 6 rings (SSSR count). The number of ether oxygens (including phenoxy) is 1. The summed E-state index contributed by atoms with van der Waals surface area (Å²) in [5.41, 5.74) is 2.03. The molecule has 38 heavy (non-hydrogen) atoms. The highest BCUT2D eigenvalue weighted by atomic mass is 16.5. The first-order valence-electron chi connectivity index (χ1n) is 13.8. The van der Waals surface area contributed by atoms with Crippen LogP contribution in [0.15, 0.2) is 53.3 Å². The summed E-state index contributed by atoms with van der Waals surface area (Å²) < 4.78 is 12.1. The zero-order valence-corrected chi connectivity index (χ0v) is 21.6. The van der Waals surface area contributed by atoms with Gasteiger partial charge in [-0.25, -0.2) is 9.78 Å². The van der Waals surface area contributed by atoms with Gasteiger partial charge >= 0.3 is 5.97 Å². The second-order valence-electron chi connectivity index (χ2n) is 10.7. The van der Waals surface area contributed by atoms with Crippen LogP contribution in [-0.4, -0.2) is 45.8 Å². The molecule has 2 aromatic heterocycles. The summed E-state index contributed by atoms with van der Waals surface area (Å²) in [7, 11) is 0. The summed E-state index contributed by atoms with van der Waals surface area (Å²) in [5, 5.41) is 23.6. The second kappa shape index (κ2) is 10.7. The van der Waals surface area contributed by atoms with Crippen molar-refractivity contribution in [3.05, 3.63) is 65.5 Å². The van der Waals surface area contributed by atoms with E-state index < -0.39 is 5.97 Å². The topological polar surface area (TPSA) is 96.0 Å². The van der Waals surface area contributed by atoms with Crippen molar-refractivity contribution in [1.82, 2.24) is 9.88 Å². The number of hydrogen-bond donors (Lipinski definition) is 2. The minimum atomic E-state index is -1.08. The average molecular weight is 515 g/mol. The van der Waals surface area contributed by atoms with E-state index in [0.717, 1.165) is 37.9 Å². The first kappa shape index (κ1) is 24.7. The number of aromatic nitrogens is 1. The van der Waals surface area contributed by atoms with Crippen LogP contribution in [0.4, 0.5) is 0 Å². The van der Waals surface area contributed by atoms with Gasteiger partial charge in [-0.3, -0.25) is 4.90 Å². The molecule has 0 radical (unpaired) electrons. The number of piperidine rings is 1. The van der Waals surface area contributed by atoms with Gasteiger partial charge in [0.25, 0.3) is 0 Å². The zero-order valence-electron chi connectivity index (χ0n) is 21.6. The van der Waals surface area contributed by atoms with Gasteiger partial charge in [0, 0.05) is 34.0 Å². The fraction of sp³-hybridized carbons (Fsp3) is 0.419. The number of carboxylic acid groups (broad SMARTS) is 1. The molecule has 4 aromatic rings. The van der Waals surface area contributed by atoms with Gasteiger partial charge in [-0.2, -0.15) is 0 Å². The molecule has 0 amide bonds. The van der Waals surface area contributed by atoms with E-state index in [1.807, 2.05) is 36.4 Å². The Kier molecular flexibility index (Phi) is 6.94. The van der Waals surface area contributed by atoms with Crippen molar-refractivity contribution in [3.8, 4) is 11.6 Å². The van der Waals surface area contributed by atoms with Crippen molar-refractivity contribution >= 4 is 27.7 Å². The summed E-state index contributed by atoms with van der Waals surface area (Å²) in [6.07, 6.45) is 12.5. The lowest BCUT2D eigenvalue weighted by atomic mass is 9.88. The molecular weight excluding hydrogens is 480 g/mol. The fourth-order valence-corrected chi connectivity index (χ4v) is 6.37. The highest BCUT2D eigenvalue weighted by Gasteiger charge is 2.33. The standard InChI is InChI=1S/C31H34N2O5/c34-29-22-11-5-6-12-23(22)30-26(24(19-38-30)31(35)36)27(29)28(33-15-7-2-8-16-33)21-13-14-32-25(17-21)37-18-20-9-3-1-4-10-20/h5-6,11-14,17,19-20,28,34H,1-4,7-10,15-16,18H2,(H,35,36). The summed E-state index contributed by atoms with van der Waals surface area (Å²) in [4.78, 5) is 19.2. The van der Waals surface area contributed by atoms with E-state index >= 15 is 0 Å². The number of aromatic carboxylic acids is 1. The number of rotatable bonds is 7. The van der Waals surface area contributed by atoms with Gasteiger partial charge in [-0.05, 0) is 56.3 Å². The Bertz CT molecular complexity index is 1450. The van der Waals surface area contributed by atoms with E-state index in [4.69, 9.17) is 9.15 Å². The Morgan fingerprint density at radius 2 is 1.79 bits per heavy atom. The molecule has 2 aliphatic rings. The SMILES string of the molecule is O=C(O)c1coc2c1c(C(c1ccnc(OCC3CCCCC3)c1)N1CCCCC1)c(O)c1ccccc12. The second-order valence-corrected chi connectivity index (χ2v) is 10.7. The quantitative estimate of drug-likeness (QED) is 0.276. The molecule has 2 aromatic carbocycles. The molecular formula is C31H34N2O5. The predicted octanol–water partition coefficient (Wildman–Crippen LogP) is 6.92. The largest absolute Gasteiger partial charge is 0.507 e. The van der Waals surface area contributed by atoms with Gasteiger partial charge in [0.15, 0.2) is 0 Å². The molecule has 0 spiro atoms. The van der Waals surface area contributed by atoms with E-state index in [0.29, 0.717) is 45.7 Å². The Morgan fingerprint density at radius 1 is 1.05 bits per heavy atom. The lowest BCUT2D eigenvalue weighted by molar-refractivity contribution is 0.0698. The molecule has 1 aliphatic heterocycles. The van der Waals surface area contributed by atoms with E-state index in [-0.39, 0.29) is 17.4 Å². The van der Waals surface area contributed by atoms with Crippen molar-refractivity contribution < 1.29 is 24.2 Å². The van der Waals surface area contributed by atoms with Crippen molar-refractivity contribution in [1.29, 1.82) is 0 Å². The van der Waals surface area contributed by atoms with Crippen LogP contribution in [-0.2, 0) is 0 Å². The number of likely N-dealkylation sites (tertiary alicyclic amines) is 1. The van der Waals surface area contributed by atoms with Crippen LogP contribution in [0.25, 0.3) is 21.7 Å². The number of furan rings is 1. The monoisotopic (exact) mass is 514 g/mol. The van der Waals surface area contributed by atoms with Gasteiger partial charge in [-0.1, -0.05) is 49.9 Å². The molecule has 1 saturated carbocycles. The van der Waals surface area contributed by atoms with Crippen molar-refractivity contribution in [2.24, 2.45) is 5.92 Å². The number of pyridine rings is 1. The summed E-state index contributed by atoms with van der Waals surface area (Å²) in [6.45, 7) is 2.35. The molecule has 7 nitrogen and oxygen atoms in total. The maximum Gasteiger partial charge on any atom is 0.339 e. The Labute approximate surface area is 222 Å². The first-order valence-corrected chi connectivity index (χ1v) is 13.8. The van der Waals surface area contributed by atoms with Crippen molar-refractivity contribution in [2.75, 3.05) is 19.7 Å². The highest BCUT2D eigenvalue weighted by Crippen LogP contribution is 2.47. The molecule has 198 valence electrons. The van der Waals surface area contributed by atoms with Gasteiger partial charge in [0.1, 0.15) is 23.2 Å². The summed E-state index contributed by atoms with van der Waals surface area (Å²) in [6, 6.07) is 11.0. The Hall–Kier alpha value is -3.58. The van der Waals surface area contributed by atoms with E-state index in [9.17, 15) is 15.0 Å². The van der Waals surface area contributed by atoms with Crippen LogP contribution < -0.4 is 4.74 Å². The third-order valence-electron chi connectivity index (χ3n) is 8.27. The smallest absolute Gasteiger partial charge is 0.339 e. The van der Waals surface area contributed by atoms with Gasteiger partial charge < -0.3 is 19.4 Å². The van der Waals surface area contributed by atoms with Crippen LogP contribution in [0, 0.1) is 5.92 Å². The van der Waals surface area contributed by atoms with Crippen molar-refractivity contribution in [2.45, 2.75) is 57.4 Å². The molecule has 1 atom stereocenters. The number of nitrogens with zero attached hydrogens (tertiary/aromatic N) is 2. The number of aromatic hydroxyl groups is 1. The number of hydrogen-bond acceptors (Lipinski definition) is 6.